The van der Waals surface area contributed by atoms with Gasteiger partial charge in [-0.05, 0) is 68.6 Å². The standard InChI is InChI=1S/C24H35NO2.ClH/c1-4-16-25(17-5-2)18-9-12-22-13-14-23(26-3)24(20-22)27-19-15-21-10-7-6-8-11-21;/h6-8,10-11,13-14,20H,4-5,9,12,15-19H2,1-3H3;1H. The summed E-state index contributed by atoms with van der Waals surface area (Å²) in [6.07, 6.45) is 5.60. The van der Waals surface area contributed by atoms with Crippen molar-refractivity contribution in [3.8, 4) is 11.5 Å². The number of methoxy groups -OCH3 is 1. The van der Waals surface area contributed by atoms with Crippen LogP contribution in [0.5, 0.6) is 11.5 Å². The number of rotatable bonds is 13. The van der Waals surface area contributed by atoms with E-state index in [0.29, 0.717) is 6.61 Å². The first-order valence-electron chi connectivity index (χ1n) is 10.3. The molecule has 4 heteroatoms. The minimum atomic E-state index is 0. The summed E-state index contributed by atoms with van der Waals surface area (Å²) >= 11 is 0. The van der Waals surface area contributed by atoms with Crippen molar-refractivity contribution in [2.24, 2.45) is 0 Å². The van der Waals surface area contributed by atoms with Crippen LogP contribution in [-0.4, -0.2) is 38.3 Å². The lowest BCUT2D eigenvalue weighted by Crippen LogP contribution is -2.26. The third kappa shape index (κ3) is 8.53. The molecule has 0 spiro atoms. The maximum Gasteiger partial charge on any atom is 0.161 e. The van der Waals surface area contributed by atoms with E-state index in [-0.39, 0.29) is 12.4 Å². The molecule has 2 aromatic rings. The molecule has 156 valence electrons. The van der Waals surface area contributed by atoms with E-state index < -0.39 is 0 Å². The smallest absolute Gasteiger partial charge is 0.161 e. The molecule has 2 rings (SSSR count). The van der Waals surface area contributed by atoms with Gasteiger partial charge in [-0.3, -0.25) is 0 Å². The fourth-order valence-corrected chi connectivity index (χ4v) is 3.39. The van der Waals surface area contributed by atoms with E-state index in [0.717, 1.165) is 30.9 Å². The first-order valence-corrected chi connectivity index (χ1v) is 10.3. The van der Waals surface area contributed by atoms with Crippen LogP contribution in [0.3, 0.4) is 0 Å². The second-order valence-corrected chi connectivity index (χ2v) is 7.01. The number of hydrogen-bond acceptors (Lipinski definition) is 3. The van der Waals surface area contributed by atoms with E-state index in [2.05, 4.69) is 55.1 Å². The van der Waals surface area contributed by atoms with Gasteiger partial charge >= 0.3 is 0 Å². The van der Waals surface area contributed by atoms with Gasteiger partial charge in [-0.25, -0.2) is 0 Å². The van der Waals surface area contributed by atoms with Crippen LogP contribution in [0.2, 0.25) is 0 Å². The Morgan fingerprint density at radius 2 is 1.50 bits per heavy atom. The number of aryl methyl sites for hydroxylation is 1. The zero-order chi connectivity index (χ0) is 19.3. The second-order valence-electron chi connectivity index (χ2n) is 7.01. The highest BCUT2D eigenvalue weighted by Gasteiger charge is 2.08. The van der Waals surface area contributed by atoms with Gasteiger partial charge in [-0.2, -0.15) is 0 Å². The fraction of sp³-hybridized carbons (Fsp3) is 0.500. The second kappa shape index (κ2) is 14.3. The molecule has 3 nitrogen and oxygen atoms in total. The molecule has 0 aromatic heterocycles. The lowest BCUT2D eigenvalue weighted by atomic mass is 10.1. The molecule has 0 aliphatic heterocycles. The van der Waals surface area contributed by atoms with Gasteiger partial charge in [0.2, 0.25) is 0 Å². The Hall–Kier alpha value is -1.71. The quantitative estimate of drug-likeness (QED) is 0.420. The zero-order valence-electron chi connectivity index (χ0n) is 17.7. The van der Waals surface area contributed by atoms with E-state index in [9.17, 15) is 0 Å². The monoisotopic (exact) mass is 405 g/mol. The van der Waals surface area contributed by atoms with Gasteiger partial charge in [0, 0.05) is 6.42 Å². The largest absolute Gasteiger partial charge is 0.493 e. The Bertz CT molecular complexity index is 642. The predicted octanol–water partition coefficient (Wildman–Crippen LogP) is 5.79. The minimum Gasteiger partial charge on any atom is -0.493 e. The van der Waals surface area contributed by atoms with Gasteiger partial charge in [0.25, 0.3) is 0 Å². The lowest BCUT2D eigenvalue weighted by Gasteiger charge is -2.20. The van der Waals surface area contributed by atoms with Gasteiger partial charge < -0.3 is 14.4 Å². The maximum absolute atomic E-state index is 6.04. The first-order chi connectivity index (χ1) is 13.3. The van der Waals surface area contributed by atoms with Gasteiger partial charge in [0.1, 0.15) is 0 Å². The topological polar surface area (TPSA) is 21.7 Å². The lowest BCUT2D eigenvalue weighted by molar-refractivity contribution is 0.271. The molecule has 28 heavy (non-hydrogen) atoms. The minimum absolute atomic E-state index is 0. The van der Waals surface area contributed by atoms with Crippen LogP contribution in [0.15, 0.2) is 48.5 Å². The summed E-state index contributed by atoms with van der Waals surface area (Å²) in [5.74, 6) is 1.66. The average Bonchev–Trinajstić information content (AvgIpc) is 2.69. The molecule has 0 radical (unpaired) electrons. The van der Waals surface area contributed by atoms with Crippen molar-refractivity contribution < 1.29 is 9.47 Å². The highest BCUT2D eigenvalue weighted by molar-refractivity contribution is 5.85. The van der Waals surface area contributed by atoms with Crippen molar-refractivity contribution in [1.29, 1.82) is 0 Å². The average molecular weight is 406 g/mol. The predicted molar refractivity (Wildman–Crippen MR) is 121 cm³/mol. The highest BCUT2D eigenvalue weighted by atomic mass is 35.5. The Balaban J connectivity index is 0.00000392. The number of hydrogen-bond donors (Lipinski definition) is 0. The SMILES string of the molecule is CCCN(CCC)CCCc1ccc(OC)c(OCCc2ccccc2)c1.Cl. The summed E-state index contributed by atoms with van der Waals surface area (Å²) in [6, 6.07) is 16.8. The van der Waals surface area contributed by atoms with Crippen molar-refractivity contribution >= 4 is 12.4 Å². The Morgan fingerprint density at radius 1 is 0.786 bits per heavy atom. The van der Waals surface area contributed by atoms with Crippen LogP contribution >= 0.6 is 12.4 Å². The Morgan fingerprint density at radius 3 is 2.14 bits per heavy atom. The summed E-state index contributed by atoms with van der Waals surface area (Å²) in [6.45, 7) is 8.73. The van der Waals surface area contributed by atoms with Crippen LogP contribution in [0.1, 0.15) is 44.2 Å². The molecule has 0 fully saturated rings. The highest BCUT2D eigenvalue weighted by Crippen LogP contribution is 2.28. The van der Waals surface area contributed by atoms with Crippen molar-refractivity contribution in [2.75, 3.05) is 33.4 Å². The van der Waals surface area contributed by atoms with E-state index in [1.54, 1.807) is 7.11 Å². The summed E-state index contributed by atoms with van der Waals surface area (Å²) in [5, 5.41) is 0. The van der Waals surface area contributed by atoms with E-state index in [4.69, 9.17) is 9.47 Å². The van der Waals surface area contributed by atoms with Crippen molar-refractivity contribution in [2.45, 2.75) is 46.0 Å². The third-order valence-corrected chi connectivity index (χ3v) is 4.74. The molecular weight excluding hydrogens is 370 g/mol. The molecule has 0 bridgehead atoms. The number of halogens is 1. The molecule has 0 amide bonds. The molecule has 0 saturated carbocycles. The molecule has 0 unspecified atom stereocenters. The molecule has 2 aromatic carbocycles. The molecule has 0 N–H and O–H groups in total. The molecule has 0 saturated heterocycles. The van der Waals surface area contributed by atoms with Crippen LogP contribution in [0.4, 0.5) is 0 Å². The fourth-order valence-electron chi connectivity index (χ4n) is 3.39. The molecule has 0 aliphatic carbocycles. The third-order valence-electron chi connectivity index (χ3n) is 4.74. The normalized spacial score (nSPS) is 10.6. The van der Waals surface area contributed by atoms with E-state index >= 15 is 0 Å². The summed E-state index contributed by atoms with van der Waals surface area (Å²) in [7, 11) is 1.70. The van der Waals surface area contributed by atoms with Crippen LogP contribution in [0.25, 0.3) is 0 Å². The molecule has 0 heterocycles. The maximum atomic E-state index is 6.04. The first kappa shape index (κ1) is 24.3. The van der Waals surface area contributed by atoms with Crippen LogP contribution in [0, 0.1) is 0 Å². The van der Waals surface area contributed by atoms with E-state index in [1.807, 2.05) is 12.1 Å². The Labute approximate surface area is 177 Å². The number of ether oxygens (including phenoxy) is 2. The summed E-state index contributed by atoms with van der Waals surface area (Å²) in [5.41, 5.74) is 2.61. The van der Waals surface area contributed by atoms with Crippen LogP contribution in [-0.2, 0) is 12.8 Å². The van der Waals surface area contributed by atoms with Gasteiger partial charge in [0.05, 0.1) is 13.7 Å². The van der Waals surface area contributed by atoms with Crippen LogP contribution < -0.4 is 9.47 Å². The van der Waals surface area contributed by atoms with Crippen molar-refractivity contribution in [3.05, 3.63) is 59.7 Å². The Kier molecular flexibility index (Phi) is 12.4. The van der Waals surface area contributed by atoms with Gasteiger partial charge in [0.15, 0.2) is 11.5 Å². The molecule has 0 atom stereocenters. The zero-order valence-corrected chi connectivity index (χ0v) is 18.5. The number of nitrogens with zero attached hydrogens (tertiary/aromatic N) is 1. The summed E-state index contributed by atoms with van der Waals surface area (Å²) in [4.78, 5) is 2.57. The molecule has 0 aliphatic rings. The van der Waals surface area contributed by atoms with Crippen molar-refractivity contribution in [1.82, 2.24) is 4.90 Å². The van der Waals surface area contributed by atoms with E-state index in [1.165, 1.54) is 43.5 Å². The number of benzene rings is 2. The molecular formula is C24H36ClNO2. The van der Waals surface area contributed by atoms with Gasteiger partial charge in [-0.15, -0.1) is 12.4 Å². The van der Waals surface area contributed by atoms with Crippen molar-refractivity contribution in [3.63, 3.8) is 0 Å². The summed E-state index contributed by atoms with van der Waals surface area (Å²) < 4.78 is 11.5. The van der Waals surface area contributed by atoms with Gasteiger partial charge in [-0.1, -0.05) is 50.2 Å².